The number of carbonyl (C=O) groups is 2. The van der Waals surface area contributed by atoms with E-state index in [0.717, 1.165) is 5.69 Å². The Kier molecular flexibility index (Phi) is 4.89. The molecule has 0 spiro atoms. The molecule has 1 saturated heterocycles. The van der Waals surface area contributed by atoms with Gasteiger partial charge in [0.05, 0.1) is 5.92 Å². The summed E-state index contributed by atoms with van der Waals surface area (Å²) in [5, 5.41) is 0. The first-order valence-electron chi connectivity index (χ1n) is 7.98. The molecule has 1 fully saturated rings. The van der Waals surface area contributed by atoms with Crippen LogP contribution in [-0.4, -0.2) is 36.3 Å². The minimum atomic E-state index is -0.232. The Balaban J connectivity index is 2.11. The molecule has 1 aliphatic heterocycles. The van der Waals surface area contributed by atoms with Crippen LogP contribution in [0.1, 0.15) is 45.6 Å². The molecule has 1 aromatic rings. The van der Waals surface area contributed by atoms with Gasteiger partial charge < -0.3 is 9.80 Å². The van der Waals surface area contributed by atoms with Crippen LogP contribution in [0, 0.1) is 5.92 Å². The van der Waals surface area contributed by atoms with E-state index in [1.807, 2.05) is 26.0 Å². The van der Waals surface area contributed by atoms with E-state index >= 15 is 0 Å². The molecule has 1 aromatic carbocycles. The molecule has 0 N–H and O–H groups in total. The zero-order valence-corrected chi connectivity index (χ0v) is 14.2. The van der Waals surface area contributed by atoms with Gasteiger partial charge >= 0.3 is 0 Å². The molecule has 1 heterocycles. The zero-order valence-electron chi connectivity index (χ0n) is 14.2. The Morgan fingerprint density at radius 1 is 1.18 bits per heavy atom. The highest BCUT2D eigenvalue weighted by Gasteiger charge is 2.36. The molecule has 0 saturated carbocycles. The van der Waals surface area contributed by atoms with Crippen molar-refractivity contribution in [3.8, 4) is 0 Å². The van der Waals surface area contributed by atoms with Crippen LogP contribution < -0.4 is 4.90 Å². The maximum atomic E-state index is 12.4. The number of hydrogen-bond donors (Lipinski definition) is 0. The predicted octanol–water partition coefficient (Wildman–Crippen LogP) is 3.03. The second kappa shape index (κ2) is 6.51. The summed E-state index contributed by atoms with van der Waals surface area (Å²) in [7, 11) is 1.80. The lowest BCUT2D eigenvalue weighted by Gasteiger charge is -2.24. The summed E-state index contributed by atoms with van der Waals surface area (Å²) in [5.41, 5.74) is 2.14. The van der Waals surface area contributed by atoms with Crippen molar-refractivity contribution in [1.82, 2.24) is 4.90 Å². The summed E-state index contributed by atoms with van der Waals surface area (Å²) in [5.74, 6) is 0.333. The van der Waals surface area contributed by atoms with Crippen LogP contribution in [0.3, 0.4) is 0 Å². The first-order chi connectivity index (χ1) is 10.3. The van der Waals surface area contributed by atoms with Gasteiger partial charge in [0.2, 0.25) is 11.8 Å². The molecule has 1 aliphatic rings. The fraction of sp³-hybridized carbons (Fsp3) is 0.556. The molecular weight excluding hydrogens is 276 g/mol. The van der Waals surface area contributed by atoms with Gasteiger partial charge in [-0.05, 0) is 37.5 Å². The van der Waals surface area contributed by atoms with Crippen LogP contribution in [-0.2, 0) is 9.59 Å². The van der Waals surface area contributed by atoms with Gasteiger partial charge in [0.15, 0.2) is 0 Å². The predicted molar refractivity (Wildman–Crippen MR) is 88.9 cm³/mol. The number of amides is 2. The summed E-state index contributed by atoms with van der Waals surface area (Å²) in [6.45, 7) is 8.74. The van der Waals surface area contributed by atoms with Gasteiger partial charge in [-0.2, -0.15) is 0 Å². The Bertz CT molecular complexity index is 549. The van der Waals surface area contributed by atoms with Gasteiger partial charge in [0.1, 0.15) is 0 Å². The maximum absolute atomic E-state index is 12.4. The molecule has 2 rings (SSSR count). The number of carbonyl (C=O) groups excluding carboxylic acids is 2. The second-order valence-electron chi connectivity index (χ2n) is 6.69. The van der Waals surface area contributed by atoms with Crippen molar-refractivity contribution in [3.05, 3.63) is 29.8 Å². The highest BCUT2D eigenvalue weighted by atomic mass is 16.2. The number of benzene rings is 1. The fourth-order valence-electron chi connectivity index (χ4n) is 2.70. The van der Waals surface area contributed by atoms with Gasteiger partial charge in [0, 0.05) is 31.7 Å². The minimum absolute atomic E-state index is 0.0350. The molecule has 0 bridgehead atoms. The van der Waals surface area contributed by atoms with Gasteiger partial charge in [-0.1, -0.05) is 26.0 Å². The monoisotopic (exact) mass is 302 g/mol. The maximum Gasteiger partial charge on any atom is 0.227 e. The lowest BCUT2D eigenvalue weighted by molar-refractivity contribution is -0.135. The normalized spacial score (nSPS) is 18.4. The van der Waals surface area contributed by atoms with Gasteiger partial charge in [-0.25, -0.2) is 0 Å². The van der Waals surface area contributed by atoms with Gasteiger partial charge in [0.25, 0.3) is 0 Å². The SMILES string of the molecule is CC(C)c1ccc(N2C[C@H](C(=O)N(C)C(C)C)CC2=O)cc1. The third-order valence-electron chi connectivity index (χ3n) is 4.47. The van der Waals surface area contributed by atoms with Crippen molar-refractivity contribution >= 4 is 17.5 Å². The molecule has 120 valence electrons. The lowest BCUT2D eigenvalue weighted by atomic mass is 10.0. The van der Waals surface area contributed by atoms with Crippen LogP contribution in [0.4, 0.5) is 5.69 Å². The highest BCUT2D eigenvalue weighted by molar-refractivity contribution is 6.00. The van der Waals surface area contributed by atoms with Crippen molar-refractivity contribution < 1.29 is 9.59 Å². The quantitative estimate of drug-likeness (QED) is 0.858. The molecule has 4 heteroatoms. The molecule has 2 amide bonds. The van der Waals surface area contributed by atoms with E-state index in [4.69, 9.17) is 0 Å². The molecule has 0 aliphatic carbocycles. The number of nitrogens with zero attached hydrogens (tertiary/aromatic N) is 2. The number of rotatable bonds is 4. The molecule has 0 unspecified atom stereocenters. The summed E-state index contributed by atoms with van der Waals surface area (Å²) in [6, 6.07) is 8.23. The van der Waals surface area contributed by atoms with Crippen LogP contribution >= 0.6 is 0 Å². The topological polar surface area (TPSA) is 40.6 Å². The van der Waals surface area contributed by atoms with E-state index in [9.17, 15) is 9.59 Å². The number of anilines is 1. The van der Waals surface area contributed by atoms with Crippen LogP contribution in [0.2, 0.25) is 0 Å². The van der Waals surface area contributed by atoms with Gasteiger partial charge in [-0.15, -0.1) is 0 Å². The highest BCUT2D eigenvalue weighted by Crippen LogP contribution is 2.27. The summed E-state index contributed by atoms with van der Waals surface area (Å²) in [4.78, 5) is 28.1. The van der Waals surface area contributed by atoms with Crippen molar-refractivity contribution in [2.75, 3.05) is 18.5 Å². The first kappa shape index (κ1) is 16.5. The van der Waals surface area contributed by atoms with E-state index < -0.39 is 0 Å². The van der Waals surface area contributed by atoms with E-state index in [1.165, 1.54) is 5.56 Å². The molecule has 4 nitrogen and oxygen atoms in total. The van der Waals surface area contributed by atoms with Crippen molar-refractivity contribution in [1.29, 1.82) is 0 Å². The molecular formula is C18H26N2O2. The molecule has 0 aromatic heterocycles. The molecule has 1 atom stereocenters. The number of hydrogen-bond acceptors (Lipinski definition) is 2. The second-order valence-corrected chi connectivity index (χ2v) is 6.69. The molecule has 22 heavy (non-hydrogen) atoms. The summed E-state index contributed by atoms with van der Waals surface area (Å²) >= 11 is 0. The first-order valence-corrected chi connectivity index (χ1v) is 7.98. The van der Waals surface area contributed by atoms with E-state index in [0.29, 0.717) is 18.9 Å². The average molecular weight is 302 g/mol. The Hall–Kier alpha value is -1.84. The van der Waals surface area contributed by atoms with E-state index in [1.54, 1.807) is 16.8 Å². The third-order valence-corrected chi connectivity index (χ3v) is 4.47. The van der Waals surface area contributed by atoms with Gasteiger partial charge in [-0.3, -0.25) is 9.59 Å². The third kappa shape index (κ3) is 3.32. The zero-order chi connectivity index (χ0) is 16.4. The van der Waals surface area contributed by atoms with Crippen LogP contribution in [0.25, 0.3) is 0 Å². The fourth-order valence-corrected chi connectivity index (χ4v) is 2.70. The van der Waals surface area contributed by atoms with E-state index in [-0.39, 0.29) is 23.8 Å². The lowest BCUT2D eigenvalue weighted by Crippen LogP contribution is -2.38. The smallest absolute Gasteiger partial charge is 0.227 e. The van der Waals surface area contributed by atoms with Crippen molar-refractivity contribution in [2.24, 2.45) is 5.92 Å². The van der Waals surface area contributed by atoms with Crippen molar-refractivity contribution in [2.45, 2.75) is 46.1 Å². The Labute approximate surface area is 133 Å². The Morgan fingerprint density at radius 2 is 1.77 bits per heavy atom. The van der Waals surface area contributed by atoms with Crippen molar-refractivity contribution in [3.63, 3.8) is 0 Å². The average Bonchev–Trinajstić information content (AvgIpc) is 2.87. The summed E-state index contributed by atoms with van der Waals surface area (Å²) < 4.78 is 0. The minimum Gasteiger partial charge on any atom is -0.343 e. The standard InChI is InChI=1S/C18H26N2O2/c1-12(2)14-6-8-16(9-7-14)20-11-15(10-17(20)21)18(22)19(5)13(3)4/h6-9,12-13,15H,10-11H2,1-5H3/t15-/m1/s1. The summed E-state index contributed by atoms with van der Waals surface area (Å²) in [6.07, 6.45) is 0.307. The van der Waals surface area contributed by atoms with Crippen LogP contribution in [0.5, 0.6) is 0 Å². The van der Waals surface area contributed by atoms with E-state index in [2.05, 4.69) is 26.0 Å². The Morgan fingerprint density at radius 3 is 2.27 bits per heavy atom. The van der Waals surface area contributed by atoms with Crippen LogP contribution in [0.15, 0.2) is 24.3 Å². The largest absolute Gasteiger partial charge is 0.343 e. The molecule has 0 radical (unpaired) electrons.